The molecule has 0 radical (unpaired) electrons. The molecule has 0 unspecified atom stereocenters. The molecule has 3 heteroatoms. The highest BCUT2D eigenvalue weighted by Crippen LogP contribution is 2.25. The summed E-state index contributed by atoms with van der Waals surface area (Å²) < 4.78 is 10.9. The average molecular weight is 179 g/mol. The zero-order valence-electron chi connectivity index (χ0n) is 7.40. The molecule has 1 aliphatic heterocycles. The molecule has 0 amide bonds. The van der Waals surface area contributed by atoms with E-state index in [1.165, 1.54) is 0 Å². The molecule has 2 rings (SSSR count). The van der Waals surface area contributed by atoms with Gasteiger partial charge in [-0.1, -0.05) is 18.2 Å². The van der Waals surface area contributed by atoms with Gasteiger partial charge in [-0.3, -0.25) is 0 Å². The fourth-order valence-corrected chi connectivity index (χ4v) is 1.47. The van der Waals surface area contributed by atoms with Crippen LogP contribution in [-0.4, -0.2) is 19.8 Å². The standard InChI is InChI=1S/C10H13NO2/c11-9-4-2-1-3-8(9)10-7-12-5-6-13-10/h1-4,10H,5-7,11H2/t10-/m1/s1. The molecule has 2 N–H and O–H groups in total. The molecule has 1 heterocycles. The Morgan fingerprint density at radius 2 is 2.08 bits per heavy atom. The molecule has 1 aromatic carbocycles. The van der Waals surface area contributed by atoms with Crippen LogP contribution < -0.4 is 5.73 Å². The van der Waals surface area contributed by atoms with Gasteiger partial charge < -0.3 is 15.2 Å². The molecule has 0 aliphatic carbocycles. The van der Waals surface area contributed by atoms with E-state index in [2.05, 4.69) is 0 Å². The van der Waals surface area contributed by atoms with Gasteiger partial charge in [0.2, 0.25) is 0 Å². The van der Waals surface area contributed by atoms with Crippen LogP contribution in [0.25, 0.3) is 0 Å². The highest BCUT2D eigenvalue weighted by Gasteiger charge is 2.17. The Labute approximate surface area is 77.5 Å². The van der Waals surface area contributed by atoms with Crippen LogP contribution in [-0.2, 0) is 9.47 Å². The third-order valence-electron chi connectivity index (χ3n) is 2.16. The second kappa shape index (κ2) is 3.77. The normalized spacial score (nSPS) is 22.9. The Balaban J connectivity index is 2.18. The first-order chi connectivity index (χ1) is 6.38. The van der Waals surface area contributed by atoms with Crippen molar-refractivity contribution in [1.29, 1.82) is 0 Å². The van der Waals surface area contributed by atoms with Crippen LogP contribution in [0.15, 0.2) is 24.3 Å². The Morgan fingerprint density at radius 3 is 2.77 bits per heavy atom. The molecule has 1 saturated heterocycles. The van der Waals surface area contributed by atoms with Crippen LogP contribution in [0.4, 0.5) is 5.69 Å². The molecule has 1 atom stereocenters. The van der Waals surface area contributed by atoms with Crippen LogP contribution in [0.1, 0.15) is 11.7 Å². The first-order valence-corrected chi connectivity index (χ1v) is 4.41. The SMILES string of the molecule is Nc1ccccc1[C@H]1COCCO1. The molecule has 1 fully saturated rings. The van der Waals surface area contributed by atoms with E-state index in [0.717, 1.165) is 11.3 Å². The van der Waals surface area contributed by atoms with Crippen LogP contribution >= 0.6 is 0 Å². The van der Waals surface area contributed by atoms with Crippen molar-refractivity contribution >= 4 is 5.69 Å². The molecule has 0 aromatic heterocycles. The number of nitrogen functional groups attached to an aromatic ring is 1. The van der Waals surface area contributed by atoms with E-state index in [0.29, 0.717) is 19.8 Å². The summed E-state index contributed by atoms with van der Waals surface area (Å²) in [6.07, 6.45) is 0.00921. The first-order valence-electron chi connectivity index (χ1n) is 4.41. The Bertz CT molecular complexity index is 282. The fraction of sp³-hybridized carbons (Fsp3) is 0.400. The van der Waals surface area contributed by atoms with Crippen molar-refractivity contribution in [2.45, 2.75) is 6.10 Å². The van der Waals surface area contributed by atoms with E-state index in [9.17, 15) is 0 Å². The van der Waals surface area contributed by atoms with Crippen molar-refractivity contribution < 1.29 is 9.47 Å². The summed E-state index contributed by atoms with van der Waals surface area (Å²) in [7, 11) is 0. The zero-order valence-corrected chi connectivity index (χ0v) is 7.40. The van der Waals surface area contributed by atoms with Gasteiger partial charge in [0.05, 0.1) is 19.8 Å². The minimum atomic E-state index is 0.00921. The number of para-hydroxylation sites is 1. The smallest absolute Gasteiger partial charge is 0.108 e. The van der Waals surface area contributed by atoms with Gasteiger partial charge in [0.1, 0.15) is 6.10 Å². The van der Waals surface area contributed by atoms with Gasteiger partial charge in [0.15, 0.2) is 0 Å². The predicted molar refractivity (Wildman–Crippen MR) is 50.4 cm³/mol. The monoisotopic (exact) mass is 179 g/mol. The van der Waals surface area contributed by atoms with Crippen LogP contribution in [0.5, 0.6) is 0 Å². The number of nitrogens with two attached hydrogens (primary N) is 1. The van der Waals surface area contributed by atoms with Gasteiger partial charge in [0.25, 0.3) is 0 Å². The van der Waals surface area contributed by atoms with Crippen molar-refractivity contribution in [1.82, 2.24) is 0 Å². The summed E-state index contributed by atoms with van der Waals surface area (Å²) in [5.74, 6) is 0. The molecule has 0 bridgehead atoms. The minimum absolute atomic E-state index is 0.00921. The van der Waals surface area contributed by atoms with Gasteiger partial charge in [-0.2, -0.15) is 0 Å². The Morgan fingerprint density at radius 1 is 1.23 bits per heavy atom. The molecular formula is C10H13NO2. The van der Waals surface area contributed by atoms with E-state index in [-0.39, 0.29) is 6.10 Å². The summed E-state index contributed by atoms with van der Waals surface area (Å²) in [6, 6.07) is 7.74. The van der Waals surface area contributed by atoms with E-state index < -0.39 is 0 Å². The Hall–Kier alpha value is -1.06. The van der Waals surface area contributed by atoms with Crippen molar-refractivity contribution in [3.63, 3.8) is 0 Å². The van der Waals surface area contributed by atoms with Gasteiger partial charge in [-0.15, -0.1) is 0 Å². The topological polar surface area (TPSA) is 44.5 Å². The lowest BCUT2D eigenvalue weighted by Crippen LogP contribution is -2.22. The van der Waals surface area contributed by atoms with Crippen LogP contribution in [0.2, 0.25) is 0 Å². The maximum absolute atomic E-state index is 5.82. The molecule has 0 saturated carbocycles. The van der Waals surface area contributed by atoms with Gasteiger partial charge >= 0.3 is 0 Å². The largest absolute Gasteiger partial charge is 0.398 e. The van der Waals surface area contributed by atoms with Crippen molar-refractivity contribution in [2.75, 3.05) is 25.6 Å². The lowest BCUT2D eigenvalue weighted by molar-refractivity contribution is -0.0898. The average Bonchev–Trinajstić information content (AvgIpc) is 2.20. The second-order valence-corrected chi connectivity index (χ2v) is 3.06. The minimum Gasteiger partial charge on any atom is -0.398 e. The highest BCUT2D eigenvalue weighted by atomic mass is 16.6. The molecular weight excluding hydrogens is 166 g/mol. The van der Waals surface area contributed by atoms with E-state index in [1.807, 2.05) is 24.3 Å². The third kappa shape index (κ3) is 1.82. The number of hydrogen-bond donors (Lipinski definition) is 1. The number of anilines is 1. The van der Waals surface area contributed by atoms with Gasteiger partial charge in [0, 0.05) is 11.3 Å². The zero-order chi connectivity index (χ0) is 9.10. The number of ether oxygens (including phenoxy) is 2. The lowest BCUT2D eigenvalue weighted by atomic mass is 10.1. The van der Waals surface area contributed by atoms with Crippen molar-refractivity contribution in [2.24, 2.45) is 0 Å². The van der Waals surface area contributed by atoms with E-state index >= 15 is 0 Å². The summed E-state index contributed by atoms with van der Waals surface area (Å²) >= 11 is 0. The molecule has 70 valence electrons. The first kappa shape index (κ1) is 8.53. The number of benzene rings is 1. The second-order valence-electron chi connectivity index (χ2n) is 3.06. The van der Waals surface area contributed by atoms with E-state index in [1.54, 1.807) is 0 Å². The summed E-state index contributed by atoms with van der Waals surface area (Å²) in [5.41, 5.74) is 7.62. The maximum Gasteiger partial charge on any atom is 0.108 e. The molecule has 1 aliphatic rings. The third-order valence-corrected chi connectivity index (χ3v) is 2.16. The maximum atomic E-state index is 5.82. The van der Waals surface area contributed by atoms with Crippen LogP contribution in [0.3, 0.4) is 0 Å². The number of rotatable bonds is 1. The summed E-state index contributed by atoms with van der Waals surface area (Å²) in [4.78, 5) is 0. The Kier molecular flexibility index (Phi) is 2.47. The summed E-state index contributed by atoms with van der Waals surface area (Å²) in [5, 5.41) is 0. The quantitative estimate of drug-likeness (QED) is 0.662. The van der Waals surface area contributed by atoms with Gasteiger partial charge in [-0.25, -0.2) is 0 Å². The molecule has 1 aromatic rings. The molecule has 3 nitrogen and oxygen atoms in total. The molecule has 13 heavy (non-hydrogen) atoms. The molecule has 0 spiro atoms. The lowest BCUT2D eigenvalue weighted by Gasteiger charge is -2.24. The van der Waals surface area contributed by atoms with Crippen LogP contribution in [0, 0.1) is 0 Å². The fourth-order valence-electron chi connectivity index (χ4n) is 1.47. The van der Waals surface area contributed by atoms with Crippen molar-refractivity contribution in [3.05, 3.63) is 29.8 Å². The summed E-state index contributed by atoms with van der Waals surface area (Å²) in [6.45, 7) is 1.94. The van der Waals surface area contributed by atoms with Gasteiger partial charge in [-0.05, 0) is 6.07 Å². The predicted octanol–water partition coefficient (Wildman–Crippen LogP) is 1.36. The highest BCUT2D eigenvalue weighted by molar-refractivity contribution is 5.47. The number of hydrogen-bond acceptors (Lipinski definition) is 3. The van der Waals surface area contributed by atoms with Crippen molar-refractivity contribution in [3.8, 4) is 0 Å². The van der Waals surface area contributed by atoms with E-state index in [4.69, 9.17) is 15.2 Å².